The largest absolute Gasteiger partial charge is 0.475 e. The first kappa shape index (κ1) is 10.1. The van der Waals surface area contributed by atoms with Crippen molar-refractivity contribution in [3.8, 4) is 0 Å². The van der Waals surface area contributed by atoms with E-state index < -0.39 is 5.97 Å². The van der Waals surface area contributed by atoms with E-state index in [-0.39, 0.29) is 17.8 Å². The molecule has 1 aliphatic rings. The van der Waals surface area contributed by atoms with Crippen LogP contribution in [-0.4, -0.2) is 28.3 Å². The quantitative estimate of drug-likeness (QED) is 0.808. The Kier molecular flexibility index (Phi) is 2.68. The summed E-state index contributed by atoms with van der Waals surface area (Å²) in [7, 11) is 1.56. The lowest BCUT2D eigenvalue weighted by Gasteiger charge is -2.30. The predicted octanol–water partition coefficient (Wildman–Crippen LogP) is 1.26. The summed E-state index contributed by atoms with van der Waals surface area (Å²) in [6.07, 6.45) is 3.02. The number of carboxylic acid groups (broad SMARTS) is 1. The first-order valence-corrected chi connectivity index (χ1v) is 4.82. The molecular formula is C9H12N2O4. The number of hydrogen-bond acceptors (Lipinski definition) is 5. The molecule has 0 spiro atoms. The molecule has 0 amide bonds. The zero-order chi connectivity index (χ0) is 10.8. The van der Waals surface area contributed by atoms with E-state index in [1.807, 2.05) is 0 Å². The van der Waals surface area contributed by atoms with Crippen LogP contribution < -0.4 is 0 Å². The fraction of sp³-hybridized carbons (Fsp3) is 0.667. The number of carboxylic acids is 1. The van der Waals surface area contributed by atoms with Crippen LogP contribution >= 0.6 is 0 Å². The molecule has 0 aromatic carbocycles. The maximum Gasteiger partial charge on any atom is 0.377 e. The number of nitrogens with zero attached hydrogens (tertiary/aromatic N) is 2. The summed E-state index contributed by atoms with van der Waals surface area (Å²) >= 11 is 0. The average molecular weight is 212 g/mol. The van der Waals surface area contributed by atoms with Gasteiger partial charge in [-0.05, 0) is 23.9 Å². The van der Waals surface area contributed by atoms with Crippen LogP contribution in [0.25, 0.3) is 0 Å². The second-order valence-electron chi connectivity index (χ2n) is 3.61. The van der Waals surface area contributed by atoms with E-state index in [9.17, 15) is 4.79 Å². The molecule has 6 heteroatoms. The minimum absolute atomic E-state index is 0.264. The van der Waals surface area contributed by atoms with Crippen LogP contribution in [0.4, 0.5) is 0 Å². The Morgan fingerprint density at radius 3 is 2.80 bits per heavy atom. The molecule has 1 unspecified atom stereocenters. The molecule has 1 fully saturated rings. The first-order valence-electron chi connectivity index (χ1n) is 4.82. The second-order valence-corrected chi connectivity index (χ2v) is 3.61. The standard InChI is InChI=1S/C9H12N2O4/c1-14-6(5-3-2-4-5)8-10-7(9(12)13)11-15-8/h5-6H,2-4H2,1H3,(H,12,13). The Balaban J connectivity index is 2.15. The monoisotopic (exact) mass is 212 g/mol. The number of hydrogen-bond donors (Lipinski definition) is 1. The molecule has 1 aromatic heterocycles. The van der Waals surface area contributed by atoms with Crippen LogP contribution in [0.1, 0.15) is 41.9 Å². The van der Waals surface area contributed by atoms with Crippen LogP contribution in [0.5, 0.6) is 0 Å². The third-order valence-corrected chi connectivity index (χ3v) is 2.71. The number of aromatic nitrogens is 2. The third kappa shape index (κ3) is 1.85. The molecule has 1 aliphatic carbocycles. The Morgan fingerprint density at radius 2 is 2.40 bits per heavy atom. The topological polar surface area (TPSA) is 85.5 Å². The minimum Gasteiger partial charge on any atom is -0.475 e. The molecule has 1 saturated carbocycles. The Bertz CT molecular complexity index is 359. The van der Waals surface area contributed by atoms with Gasteiger partial charge in [0.15, 0.2) is 0 Å². The number of aromatic carboxylic acids is 1. The van der Waals surface area contributed by atoms with Gasteiger partial charge in [0.25, 0.3) is 11.7 Å². The van der Waals surface area contributed by atoms with Crippen molar-refractivity contribution in [2.75, 3.05) is 7.11 Å². The van der Waals surface area contributed by atoms with Crippen molar-refractivity contribution in [2.45, 2.75) is 25.4 Å². The van der Waals surface area contributed by atoms with E-state index in [4.69, 9.17) is 14.4 Å². The highest BCUT2D eigenvalue weighted by molar-refractivity contribution is 5.82. The normalized spacial score (nSPS) is 18.5. The minimum atomic E-state index is -1.19. The molecule has 15 heavy (non-hydrogen) atoms. The van der Waals surface area contributed by atoms with Crippen molar-refractivity contribution in [3.05, 3.63) is 11.7 Å². The highest BCUT2D eigenvalue weighted by atomic mass is 16.5. The summed E-state index contributed by atoms with van der Waals surface area (Å²) in [4.78, 5) is 14.3. The fourth-order valence-corrected chi connectivity index (χ4v) is 1.68. The van der Waals surface area contributed by atoms with Gasteiger partial charge in [-0.2, -0.15) is 4.98 Å². The van der Waals surface area contributed by atoms with Crippen LogP contribution in [0.2, 0.25) is 0 Å². The number of ether oxygens (including phenoxy) is 1. The fourth-order valence-electron chi connectivity index (χ4n) is 1.68. The van der Waals surface area contributed by atoms with Gasteiger partial charge in [0.2, 0.25) is 0 Å². The van der Waals surface area contributed by atoms with E-state index in [0.29, 0.717) is 5.92 Å². The smallest absolute Gasteiger partial charge is 0.377 e. The van der Waals surface area contributed by atoms with Crippen LogP contribution in [0.3, 0.4) is 0 Å². The van der Waals surface area contributed by atoms with Crippen molar-refractivity contribution >= 4 is 5.97 Å². The molecule has 1 aromatic rings. The summed E-state index contributed by atoms with van der Waals surface area (Å²) in [5, 5.41) is 12.0. The molecule has 0 radical (unpaired) electrons. The molecule has 1 N–H and O–H groups in total. The zero-order valence-corrected chi connectivity index (χ0v) is 8.34. The SMILES string of the molecule is COC(c1nc(C(=O)O)no1)C1CCC1. The highest BCUT2D eigenvalue weighted by Crippen LogP contribution is 2.38. The summed E-state index contributed by atoms with van der Waals surface area (Å²) < 4.78 is 10.1. The highest BCUT2D eigenvalue weighted by Gasteiger charge is 2.33. The zero-order valence-electron chi connectivity index (χ0n) is 8.34. The molecule has 0 saturated heterocycles. The Hall–Kier alpha value is -1.43. The summed E-state index contributed by atoms with van der Waals surface area (Å²) in [5.41, 5.74) is 0. The molecule has 82 valence electrons. The Labute approximate surface area is 86.2 Å². The van der Waals surface area contributed by atoms with Crippen molar-refractivity contribution < 1.29 is 19.2 Å². The van der Waals surface area contributed by atoms with Crippen LogP contribution in [0.15, 0.2) is 4.52 Å². The maximum atomic E-state index is 10.6. The van der Waals surface area contributed by atoms with Crippen molar-refractivity contribution in [2.24, 2.45) is 5.92 Å². The van der Waals surface area contributed by atoms with Crippen molar-refractivity contribution in [1.29, 1.82) is 0 Å². The lowest BCUT2D eigenvalue weighted by atomic mass is 9.81. The predicted molar refractivity (Wildman–Crippen MR) is 48.3 cm³/mol. The van der Waals surface area contributed by atoms with Crippen molar-refractivity contribution in [1.82, 2.24) is 10.1 Å². The first-order chi connectivity index (χ1) is 7.22. The summed E-state index contributed by atoms with van der Waals surface area (Å²) in [6, 6.07) is 0. The molecule has 6 nitrogen and oxygen atoms in total. The van der Waals surface area contributed by atoms with E-state index in [1.165, 1.54) is 6.42 Å². The van der Waals surface area contributed by atoms with Gasteiger partial charge in [0, 0.05) is 7.11 Å². The van der Waals surface area contributed by atoms with Gasteiger partial charge < -0.3 is 14.4 Å². The Morgan fingerprint density at radius 1 is 1.67 bits per heavy atom. The summed E-state index contributed by atoms with van der Waals surface area (Å²) in [6.45, 7) is 0. The third-order valence-electron chi connectivity index (χ3n) is 2.71. The summed E-state index contributed by atoms with van der Waals surface area (Å²) in [5.74, 6) is -0.864. The van der Waals surface area contributed by atoms with E-state index in [0.717, 1.165) is 12.8 Å². The maximum absolute atomic E-state index is 10.6. The molecular weight excluding hydrogens is 200 g/mol. The lowest BCUT2D eigenvalue weighted by molar-refractivity contribution is -0.00394. The molecule has 0 bridgehead atoms. The van der Waals surface area contributed by atoms with Gasteiger partial charge in [0.1, 0.15) is 6.10 Å². The van der Waals surface area contributed by atoms with E-state index >= 15 is 0 Å². The van der Waals surface area contributed by atoms with Gasteiger partial charge in [-0.25, -0.2) is 4.79 Å². The van der Waals surface area contributed by atoms with Gasteiger partial charge in [-0.3, -0.25) is 0 Å². The molecule has 1 heterocycles. The number of methoxy groups -OCH3 is 1. The van der Waals surface area contributed by atoms with Gasteiger partial charge >= 0.3 is 5.97 Å². The van der Waals surface area contributed by atoms with E-state index in [2.05, 4.69) is 10.1 Å². The second kappa shape index (κ2) is 3.98. The van der Waals surface area contributed by atoms with Crippen LogP contribution in [0, 0.1) is 5.92 Å². The molecule has 0 aliphatic heterocycles. The van der Waals surface area contributed by atoms with Gasteiger partial charge in [0.05, 0.1) is 0 Å². The molecule has 2 rings (SSSR count). The lowest BCUT2D eigenvalue weighted by Crippen LogP contribution is -2.22. The van der Waals surface area contributed by atoms with E-state index in [1.54, 1.807) is 7.11 Å². The van der Waals surface area contributed by atoms with Gasteiger partial charge in [-0.15, -0.1) is 0 Å². The van der Waals surface area contributed by atoms with Gasteiger partial charge in [-0.1, -0.05) is 6.42 Å². The number of rotatable bonds is 4. The number of carbonyl (C=O) groups is 1. The van der Waals surface area contributed by atoms with Crippen molar-refractivity contribution in [3.63, 3.8) is 0 Å². The molecule has 1 atom stereocenters. The van der Waals surface area contributed by atoms with Crippen LogP contribution in [-0.2, 0) is 4.74 Å². The average Bonchev–Trinajstić information content (AvgIpc) is 2.59.